The van der Waals surface area contributed by atoms with Gasteiger partial charge < -0.3 is 19.4 Å². The highest BCUT2D eigenvalue weighted by atomic mass is 32.1. The molecule has 0 aliphatic carbocycles. The van der Waals surface area contributed by atoms with Crippen molar-refractivity contribution < 1.29 is 18.7 Å². The number of fused-ring (bicyclic) bond motifs is 2. The summed E-state index contributed by atoms with van der Waals surface area (Å²) in [5.74, 6) is -0.962. The molecule has 1 N–H and O–H groups in total. The van der Waals surface area contributed by atoms with Crippen LogP contribution in [0.2, 0.25) is 0 Å². The molecule has 1 aliphatic heterocycles. The van der Waals surface area contributed by atoms with Crippen LogP contribution >= 0.6 is 11.3 Å². The second-order valence-electron chi connectivity index (χ2n) is 8.01. The first-order valence-corrected chi connectivity index (χ1v) is 10.4. The Hall–Kier alpha value is -3.14. The molecule has 1 aliphatic rings. The fraction of sp³-hybridized carbons (Fsp3) is 0.400. The molecular weight excluding hydrogens is 408 g/mol. The van der Waals surface area contributed by atoms with Gasteiger partial charge in [0.15, 0.2) is 10.7 Å². The van der Waals surface area contributed by atoms with Crippen LogP contribution in [-0.2, 0) is 29.0 Å². The Bertz CT molecular complexity index is 1170. The minimum absolute atomic E-state index is 0.176. The number of hydrogen-bond donors (Lipinski definition) is 1. The molecular formula is C20H22N4O5S. The number of benzene rings is 1. The second kappa shape index (κ2) is 7.60. The molecule has 2 amide bonds. The van der Waals surface area contributed by atoms with Crippen molar-refractivity contribution in [1.82, 2.24) is 14.5 Å². The van der Waals surface area contributed by atoms with Crippen LogP contribution in [0, 0.1) is 0 Å². The van der Waals surface area contributed by atoms with Crippen molar-refractivity contribution in [2.24, 2.45) is 0 Å². The van der Waals surface area contributed by atoms with Crippen LogP contribution in [0.4, 0.5) is 9.93 Å². The molecule has 1 aromatic carbocycles. The van der Waals surface area contributed by atoms with Crippen molar-refractivity contribution in [3.05, 3.63) is 45.4 Å². The molecule has 3 heterocycles. The van der Waals surface area contributed by atoms with Crippen LogP contribution in [0.15, 0.2) is 33.5 Å². The first-order valence-electron chi connectivity index (χ1n) is 9.54. The highest BCUT2D eigenvalue weighted by molar-refractivity contribution is 7.15. The summed E-state index contributed by atoms with van der Waals surface area (Å²) in [7, 11) is 0. The standard InChI is InChI=1S/C20H22N4O5S/c1-20(2,3)29-18(26)23-9-8-12-15(10-23)30-17(21-12)22-16(25)11-24-13-6-4-5-7-14(13)28-19(24)27/h4-7H,8-11H2,1-3H3,(H,21,22,25). The third-order valence-corrected chi connectivity index (χ3v) is 5.50. The van der Waals surface area contributed by atoms with Gasteiger partial charge in [0, 0.05) is 17.8 Å². The van der Waals surface area contributed by atoms with Gasteiger partial charge in [-0.15, -0.1) is 0 Å². The lowest BCUT2D eigenvalue weighted by molar-refractivity contribution is -0.116. The molecule has 9 nitrogen and oxygen atoms in total. The Morgan fingerprint density at radius 1 is 1.30 bits per heavy atom. The van der Waals surface area contributed by atoms with Gasteiger partial charge >= 0.3 is 11.8 Å². The fourth-order valence-electron chi connectivity index (χ4n) is 3.20. The maximum absolute atomic E-state index is 12.5. The van der Waals surface area contributed by atoms with Gasteiger partial charge in [-0.1, -0.05) is 23.5 Å². The molecule has 3 aromatic rings. The van der Waals surface area contributed by atoms with Gasteiger partial charge in [0.2, 0.25) is 5.91 Å². The Morgan fingerprint density at radius 3 is 2.83 bits per heavy atom. The average Bonchev–Trinajstić information content (AvgIpc) is 3.20. The number of ether oxygens (including phenoxy) is 1. The van der Waals surface area contributed by atoms with E-state index in [1.54, 1.807) is 29.2 Å². The van der Waals surface area contributed by atoms with Crippen LogP contribution in [0.1, 0.15) is 31.3 Å². The zero-order chi connectivity index (χ0) is 21.5. The molecule has 0 spiro atoms. The van der Waals surface area contributed by atoms with Gasteiger partial charge in [-0.3, -0.25) is 9.36 Å². The van der Waals surface area contributed by atoms with Gasteiger partial charge in [-0.2, -0.15) is 0 Å². The van der Waals surface area contributed by atoms with E-state index in [0.29, 0.717) is 35.7 Å². The Labute approximate surface area is 176 Å². The third-order valence-electron chi connectivity index (χ3n) is 4.50. The number of rotatable bonds is 3. The van der Waals surface area contributed by atoms with E-state index in [1.165, 1.54) is 15.9 Å². The number of nitrogens with one attached hydrogen (secondary N) is 1. The van der Waals surface area contributed by atoms with Gasteiger partial charge in [-0.05, 0) is 32.9 Å². The molecule has 4 rings (SSSR count). The van der Waals surface area contributed by atoms with E-state index in [1.807, 2.05) is 20.8 Å². The summed E-state index contributed by atoms with van der Waals surface area (Å²) in [5, 5.41) is 3.19. The van der Waals surface area contributed by atoms with Crippen LogP contribution in [0.5, 0.6) is 0 Å². The van der Waals surface area contributed by atoms with Crippen LogP contribution in [0.3, 0.4) is 0 Å². The molecule has 0 saturated heterocycles. The summed E-state index contributed by atoms with van der Waals surface area (Å²) in [6, 6.07) is 6.94. The first-order chi connectivity index (χ1) is 14.2. The number of hydrogen-bond acceptors (Lipinski definition) is 7. The topological polar surface area (TPSA) is 107 Å². The maximum Gasteiger partial charge on any atom is 0.420 e. The molecule has 0 bridgehead atoms. The number of anilines is 1. The van der Waals surface area contributed by atoms with Gasteiger partial charge in [-0.25, -0.2) is 14.6 Å². The minimum atomic E-state index is -0.585. The number of oxazole rings is 1. The minimum Gasteiger partial charge on any atom is -0.444 e. The van der Waals surface area contributed by atoms with Crippen molar-refractivity contribution in [1.29, 1.82) is 0 Å². The van der Waals surface area contributed by atoms with E-state index in [-0.39, 0.29) is 18.5 Å². The van der Waals surface area contributed by atoms with Crippen molar-refractivity contribution in [3.63, 3.8) is 0 Å². The number of thiazole rings is 1. The number of amides is 2. The quantitative estimate of drug-likeness (QED) is 0.685. The third kappa shape index (κ3) is 4.23. The molecule has 30 heavy (non-hydrogen) atoms. The highest BCUT2D eigenvalue weighted by Crippen LogP contribution is 2.29. The molecule has 2 aromatic heterocycles. The number of para-hydroxylation sites is 2. The smallest absolute Gasteiger partial charge is 0.420 e. The largest absolute Gasteiger partial charge is 0.444 e. The highest BCUT2D eigenvalue weighted by Gasteiger charge is 2.28. The van der Waals surface area contributed by atoms with Crippen molar-refractivity contribution in [2.45, 2.75) is 45.9 Å². The average molecular weight is 430 g/mol. The van der Waals surface area contributed by atoms with Gasteiger partial charge in [0.1, 0.15) is 12.1 Å². The lowest BCUT2D eigenvalue weighted by Gasteiger charge is -2.29. The summed E-state index contributed by atoms with van der Waals surface area (Å²) in [4.78, 5) is 43.8. The van der Waals surface area contributed by atoms with Gasteiger partial charge in [0.25, 0.3) is 0 Å². The zero-order valence-electron chi connectivity index (χ0n) is 16.9. The van der Waals surface area contributed by atoms with Crippen molar-refractivity contribution in [2.75, 3.05) is 11.9 Å². The lowest BCUT2D eigenvalue weighted by atomic mass is 10.2. The summed E-state index contributed by atoms with van der Waals surface area (Å²) in [6.07, 6.45) is 0.227. The van der Waals surface area contributed by atoms with E-state index < -0.39 is 11.4 Å². The monoisotopic (exact) mass is 430 g/mol. The molecule has 0 saturated carbocycles. The predicted molar refractivity (Wildman–Crippen MR) is 112 cm³/mol. The normalized spacial score (nSPS) is 13.9. The first kappa shape index (κ1) is 20.1. The second-order valence-corrected chi connectivity index (χ2v) is 9.09. The fourth-order valence-corrected chi connectivity index (χ4v) is 4.24. The van der Waals surface area contributed by atoms with Crippen molar-refractivity contribution >= 4 is 39.6 Å². The Kier molecular flexibility index (Phi) is 5.10. The van der Waals surface area contributed by atoms with Gasteiger partial charge in [0.05, 0.1) is 17.8 Å². The number of aromatic nitrogens is 2. The van der Waals surface area contributed by atoms with E-state index in [9.17, 15) is 14.4 Å². The Morgan fingerprint density at radius 2 is 2.07 bits per heavy atom. The molecule has 158 valence electrons. The number of carbonyl (C=O) groups is 2. The molecule has 0 atom stereocenters. The maximum atomic E-state index is 12.5. The zero-order valence-corrected chi connectivity index (χ0v) is 17.7. The predicted octanol–water partition coefficient (Wildman–Crippen LogP) is 2.98. The number of carbonyl (C=O) groups excluding carboxylic acids is 2. The van der Waals surface area contributed by atoms with E-state index >= 15 is 0 Å². The number of nitrogens with zero attached hydrogens (tertiary/aromatic N) is 3. The molecule has 10 heteroatoms. The SMILES string of the molecule is CC(C)(C)OC(=O)N1CCc2nc(NC(=O)Cn3c(=O)oc4ccccc43)sc2C1. The van der Waals surface area contributed by atoms with E-state index in [4.69, 9.17) is 9.15 Å². The van der Waals surface area contributed by atoms with Crippen LogP contribution in [-0.4, -0.2) is 38.6 Å². The van der Waals surface area contributed by atoms with E-state index in [0.717, 1.165) is 10.6 Å². The summed E-state index contributed by atoms with van der Waals surface area (Å²) >= 11 is 1.32. The molecule has 0 unspecified atom stereocenters. The summed E-state index contributed by atoms with van der Waals surface area (Å²) in [6.45, 7) is 6.21. The lowest BCUT2D eigenvalue weighted by Crippen LogP contribution is -2.39. The van der Waals surface area contributed by atoms with Crippen LogP contribution < -0.4 is 11.1 Å². The summed E-state index contributed by atoms with van der Waals surface area (Å²) in [5.41, 5.74) is 1.30. The van der Waals surface area contributed by atoms with Crippen molar-refractivity contribution in [3.8, 4) is 0 Å². The Balaban J connectivity index is 1.43. The molecule has 0 radical (unpaired) electrons. The van der Waals surface area contributed by atoms with Crippen LogP contribution in [0.25, 0.3) is 11.1 Å². The molecule has 0 fully saturated rings. The summed E-state index contributed by atoms with van der Waals surface area (Å²) < 4.78 is 11.9. The van der Waals surface area contributed by atoms with E-state index in [2.05, 4.69) is 10.3 Å².